The van der Waals surface area contributed by atoms with Crippen molar-refractivity contribution in [1.82, 2.24) is 24.8 Å². The van der Waals surface area contributed by atoms with Gasteiger partial charge in [-0.25, -0.2) is 14.8 Å². The zero-order valence-electron chi connectivity index (χ0n) is 14.9. The number of aromatic carboxylic acids is 1. The molecule has 2 aromatic heterocycles. The summed E-state index contributed by atoms with van der Waals surface area (Å²) in [4.78, 5) is 42.8. The highest BCUT2D eigenvalue weighted by Gasteiger charge is 2.37. The summed E-state index contributed by atoms with van der Waals surface area (Å²) < 4.78 is 0. The van der Waals surface area contributed by atoms with Crippen molar-refractivity contribution in [3.63, 3.8) is 0 Å². The lowest BCUT2D eigenvalue weighted by molar-refractivity contribution is -0.140. The van der Waals surface area contributed by atoms with Crippen LogP contribution < -0.4 is 4.90 Å². The van der Waals surface area contributed by atoms with Gasteiger partial charge in [-0.15, -0.1) is 0 Å². The molecular formula is C18H20N6O3. The van der Waals surface area contributed by atoms with E-state index >= 15 is 0 Å². The molecule has 9 heteroatoms. The van der Waals surface area contributed by atoms with Gasteiger partial charge >= 0.3 is 5.97 Å². The topological polar surface area (TPSA) is 103 Å². The summed E-state index contributed by atoms with van der Waals surface area (Å²) in [7, 11) is 1.83. The summed E-state index contributed by atoms with van der Waals surface area (Å²) in [6.07, 6.45) is 3.09. The Kier molecular flexibility index (Phi) is 4.44. The average Bonchev–Trinajstić information content (AvgIpc) is 2.71. The van der Waals surface area contributed by atoms with Crippen LogP contribution in [0.1, 0.15) is 10.4 Å². The number of pyridine rings is 1. The van der Waals surface area contributed by atoms with E-state index in [4.69, 9.17) is 5.11 Å². The molecule has 27 heavy (non-hydrogen) atoms. The van der Waals surface area contributed by atoms with E-state index in [-0.39, 0.29) is 17.5 Å². The number of hydrogen-bond donors (Lipinski definition) is 1. The van der Waals surface area contributed by atoms with Gasteiger partial charge in [-0.1, -0.05) is 0 Å². The summed E-state index contributed by atoms with van der Waals surface area (Å²) in [6.45, 7) is 3.69. The molecular weight excluding hydrogens is 348 g/mol. The van der Waals surface area contributed by atoms with Gasteiger partial charge in [0.25, 0.3) is 0 Å². The van der Waals surface area contributed by atoms with Gasteiger partial charge in [0.05, 0.1) is 17.0 Å². The number of carbonyl (C=O) groups is 2. The van der Waals surface area contributed by atoms with Gasteiger partial charge in [-0.2, -0.15) is 0 Å². The highest BCUT2D eigenvalue weighted by Crippen LogP contribution is 2.22. The summed E-state index contributed by atoms with van der Waals surface area (Å²) in [5.41, 5.74) is 1.19. The van der Waals surface area contributed by atoms with E-state index in [1.807, 2.05) is 11.9 Å². The number of hydrogen-bond acceptors (Lipinski definition) is 7. The number of anilines is 1. The van der Waals surface area contributed by atoms with Crippen LogP contribution in [0.15, 0.2) is 30.6 Å². The maximum absolute atomic E-state index is 12.5. The minimum Gasteiger partial charge on any atom is -0.478 e. The molecule has 1 N–H and O–H groups in total. The van der Waals surface area contributed by atoms with Crippen LogP contribution in [0.25, 0.3) is 11.4 Å². The number of carbonyl (C=O) groups excluding carboxylic acids is 1. The predicted molar refractivity (Wildman–Crippen MR) is 97.4 cm³/mol. The van der Waals surface area contributed by atoms with E-state index in [0.29, 0.717) is 23.9 Å². The Morgan fingerprint density at radius 1 is 1.11 bits per heavy atom. The van der Waals surface area contributed by atoms with Crippen molar-refractivity contribution in [3.8, 4) is 11.4 Å². The highest BCUT2D eigenvalue weighted by atomic mass is 16.4. The molecule has 0 bridgehead atoms. The van der Waals surface area contributed by atoms with Crippen LogP contribution in [-0.2, 0) is 4.79 Å². The Balaban J connectivity index is 1.59. The second-order valence-electron chi connectivity index (χ2n) is 6.73. The SMILES string of the molecule is CN1CCN2CCN(c3nccc(-c4cc(C(=O)O)ccn4)n3)C[C@H]2C1=O. The number of carboxylic acid groups (broad SMARTS) is 1. The normalized spacial score (nSPS) is 20.5. The van der Waals surface area contributed by atoms with Crippen molar-refractivity contribution in [2.75, 3.05) is 44.7 Å². The zero-order valence-corrected chi connectivity index (χ0v) is 14.9. The largest absolute Gasteiger partial charge is 0.478 e. The molecule has 1 amide bonds. The molecule has 2 fully saturated rings. The lowest BCUT2D eigenvalue weighted by atomic mass is 10.1. The third-order valence-electron chi connectivity index (χ3n) is 5.07. The van der Waals surface area contributed by atoms with Gasteiger partial charge in [0.15, 0.2) is 0 Å². The molecule has 9 nitrogen and oxygen atoms in total. The third kappa shape index (κ3) is 3.33. The molecule has 0 saturated carbocycles. The lowest BCUT2D eigenvalue weighted by Crippen LogP contribution is -2.64. The van der Waals surface area contributed by atoms with Crippen molar-refractivity contribution in [2.45, 2.75) is 6.04 Å². The number of nitrogens with zero attached hydrogens (tertiary/aromatic N) is 6. The first kappa shape index (κ1) is 17.3. The molecule has 2 aromatic rings. The number of piperazine rings is 2. The molecule has 1 atom stereocenters. The van der Waals surface area contributed by atoms with Crippen molar-refractivity contribution >= 4 is 17.8 Å². The molecule has 0 aromatic carbocycles. The summed E-state index contributed by atoms with van der Waals surface area (Å²) >= 11 is 0. The van der Waals surface area contributed by atoms with Crippen LogP contribution >= 0.6 is 0 Å². The minimum absolute atomic E-state index is 0.123. The summed E-state index contributed by atoms with van der Waals surface area (Å²) in [6, 6.07) is 4.45. The quantitative estimate of drug-likeness (QED) is 0.820. The molecule has 2 aliphatic heterocycles. The molecule has 2 saturated heterocycles. The van der Waals surface area contributed by atoms with E-state index in [0.717, 1.165) is 26.2 Å². The van der Waals surface area contributed by atoms with Gasteiger partial charge in [0.1, 0.15) is 6.04 Å². The van der Waals surface area contributed by atoms with Crippen LogP contribution in [0.4, 0.5) is 5.95 Å². The third-order valence-corrected chi connectivity index (χ3v) is 5.07. The molecule has 4 rings (SSSR count). The van der Waals surface area contributed by atoms with E-state index in [9.17, 15) is 9.59 Å². The van der Waals surface area contributed by atoms with E-state index < -0.39 is 5.97 Å². The minimum atomic E-state index is -1.01. The fourth-order valence-corrected chi connectivity index (χ4v) is 3.49. The number of amides is 1. The van der Waals surface area contributed by atoms with E-state index in [2.05, 4.69) is 19.9 Å². The molecule has 0 aliphatic carbocycles. The molecule has 0 unspecified atom stereocenters. The van der Waals surface area contributed by atoms with Crippen LogP contribution in [0, 0.1) is 0 Å². The van der Waals surface area contributed by atoms with Gasteiger partial charge in [0, 0.05) is 52.2 Å². The highest BCUT2D eigenvalue weighted by molar-refractivity contribution is 5.88. The monoisotopic (exact) mass is 368 g/mol. The van der Waals surface area contributed by atoms with Gasteiger partial charge in [-0.3, -0.25) is 14.7 Å². The van der Waals surface area contributed by atoms with Gasteiger partial charge in [-0.05, 0) is 18.2 Å². The molecule has 0 spiro atoms. The average molecular weight is 368 g/mol. The van der Waals surface area contributed by atoms with Crippen molar-refractivity contribution < 1.29 is 14.7 Å². The van der Waals surface area contributed by atoms with Gasteiger partial charge < -0.3 is 14.9 Å². The first-order valence-corrected chi connectivity index (χ1v) is 8.79. The maximum Gasteiger partial charge on any atom is 0.335 e. The maximum atomic E-state index is 12.5. The Hall–Kier alpha value is -3.07. The Morgan fingerprint density at radius 2 is 1.89 bits per heavy atom. The Morgan fingerprint density at radius 3 is 2.70 bits per heavy atom. The molecule has 2 aliphatic rings. The predicted octanol–water partition coefficient (Wildman–Crippen LogP) is 0.199. The van der Waals surface area contributed by atoms with Gasteiger partial charge in [0.2, 0.25) is 11.9 Å². The van der Waals surface area contributed by atoms with Crippen molar-refractivity contribution in [1.29, 1.82) is 0 Å². The Labute approximate surface area is 156 Å². The van der Waals surface area contributed by atoms with Crippen molar-refractivity contribution in [3.05, 3.63) is 36.2 Å². The molecule has 0 radical (unpaired) electrons. The Bertz CT molecular complexity index is 889. The van der Waals surface area contributed by atoms with E-state index in [1.165, 1.54) is 18.3 Å². The number of rotatable bonds is 3. The second-order valence-corrected chi connectivity index (χ2v) is 6.73. The molecule has 4 heterocycles. The smallest absolute Gasteiger partial charge is 0.335 e. The van der Waals surface area contributed by atoms with Crippen LogP contribution in [0.5, 0.6) is 0 Å². The first-order valence-electron chi connectivity index (χ1n) is 8.79. The number of aromatic nitrogens is 3. The molecule has 140 valence electrons. The second kappa shape index (κ2) is 6.92. The first-order chi connectivity index (χ1) is 13.0. The standard InChI is InChI=1S/C18H20N6O3/c1-22-6-7-23-8-9-24(11-15(23)16(22)25)18-20-5-3-13(21-18)14-10-12(17(26)27)2-4-19-14/h2-5,10,15H,6-9,11H2,1H3,(H,26,27)/t15-/m0/s1. The fourth-order valence-electron chi connectivity index (χ4n) is 3.49. The number of likely N-dealkylation sites (N-methyl/N-ethyl adjacent to an activating group) is 1. The zero-order chi connectivity index (χ0) is 19.0. The number of carboxylic acids is 1. The van der Waals surface area contributed by atoms with Crippen LogP contribution in [0.2, 0.25) is 0 Å². The van der Waals surface area contributed by atoms with Crippen LogP contribution in [0.3, 0.4) is 0 Å². The summed E-state index contributed by atoms with van der Waals surface area (Å²) in [5.74, 6) is -0.363. The van der Waals surface area contributed by atoms with Crippen molar-refractivity contribution in [2.24, 2.45) is 0 Å². The number of fused-ring (bicyclic) bond motifs is 1. The summed E-state index contributed by atoms with van der Waals surface area (Å²) in [5, 5.41) is 9.16. The lowest BCUT2D eigenvalue weighted by Gasteiger charge is -2.45. The van der Waals surface area contributed by atoms with E-state index in [1.54, 1.807) is 17.2 Å². The fraction of sp³-hybridized carbons (Fsp3) is 0.389. The van der Waals surface area contributed by atoms with Crippen LogP contribution in [-0.4, -0.2) is 87.5 Å².